The summed E-state index contributed by atoms with van der Waals surface area (Å²) in [5, 5.41) is 10.2. The molecule has 1 aliphatic rings. The van der Waals surface area contributed by atoms with Crippen LogP contribution in [0.4, 0.5) is 5.69 Å². The Bertz CT molecular complexity index is 356. The molecule has 0 amide bonds. The van der Waals surface area contributed by atoms with E-state index in [0.717, 1.165) is 24.2 Å². The number of halogens is 1. The molecule has 4 heteroatoms. The van der Waals surface area contributed by atoms with Gasteiger partial charge in [-0.05, 0) is 30.2 Å². The smallest absolute Gasteiger partial charge is 0.0731 e. The Hall–Kier alpha value is -0.770. The Kier molecular flexibility index (Phi) is 3.14. The first-order valence-electron chi connectivity index (χ1n) is 5.12. The number of β-amino-alcohol motifs (C(OH)–C–C–N with tert-alkyl or cyclic N) is 1. The minimum absolute atomic E-state index is 0.216. The Morgan fingerprint density at radius 3 is 2.93 bits per heavy atom. The highest BCUT2D eigenvalue weighted by Crippen LogP contribution is 2.27. The van der Waals surface area contributed by atoms with Crippen molar-refractivity contribution in [2.24, 2.45) is 5.73 Å². The molecule has 0 saturated carbocycles. The summed E-state index contributed by atoms with van der Waals surface area (Å²) in [4.78, 5) is 2.16. The summed E-state index contributed by atoms with van der Waals surface area (Å²) in [5.41, 5.74) is 7.81. The quantitative estimate of drug-likeness (QED) is 0.801. The summed E-state index contributed by atoms with van der Waals surface area (Å²) in [5.74, 6) is 0. The standard InChI is InChI=1S/C11H15ClN2O/c12-9-1-2-11(8(5-9)6-13)14-4-3-10(15)7-14/h1-2,5,10,15H,3-4,6-7,13H2. The second-order valence-electron chi connectivity index (χ2n) is 3.87. The SMILES string of the molecule is NCc1cc(Cl)ccc1N1CCC(O)C1. The second kappa shape index (κ2) is 4.39. The summed E-state index contributed by atoms with van der Waals surface area (Å²) < 4.78 is 0. The fourth-order valence-electron chi connectivity index (χ4n) is 1.99. The molecule has 1 heterocycles. The highest BCUT2D eigenvalue weighted by atomic mass is 35.5. The van der Waals surface area contributed by atoms with E-state index in [1.807, 2.05) is 18.2 Å². The fraction of sp³-hybridized carbons (Fsp3) is 0.455. The van der Waals surface area contributed by atoms with Crippen molar-refractivity contribution in [1.82, 2.24) is 0 Å². The average molecular weight is 227 g/mol. The van der Waals surface area contributed by atoms with E-state index in [9.17, 15) is 5.11 Å². The van der Waals surface area contributed by atoms with Crippen LogP contribution in [0.2, 0.25) is 5.02 Å². The maximum absolute atomic E-state index is 9.48. The molecule has 2 rings (SSSR count). The van der Waals surface area contributed by atoms with Gasteiger partial charge in [-0.15, -0.1) is 0 Å². The predicted molar refractivity (Wildman–Crippen MR) is 62.2 cm³/mol. The Labute approximate surface area is 94.4 Å². The molecule has 0 radical (unpaired) electrons. The van der Waals surface area contributed by atoms with Gasteiger partial charge >= 0.3 is 0 Å². The van der Waals surface area contributed by atoms with E-state index in [4.69, 9.17) is 17.3 Å². The van der Waals surface area contributed by atoms with Gasteiger partial charge in [0.2, 0.25) is 0 Å². The van der Waals surface area contributed by atoms with Crippen molar-refractivity contribution in [1.29, 1.82) is 0 Å². The van der Waals surface area contributed by atoms with Crippen molar-refractivity contribution >= 4 is 17.3 Å². The summed E-state index contributed by atoms with van der Waals surface area (Å²) in [6, 6.07) is 5.73. The largest absolute Gasteiger partial charge is 0.391 e. The molecule has 3 nitrogen and oxygen atoms in total. The zero-order chi connectivity index (χ0) is 10.8. The molecular formula is C11H15ClN2O. The van der Waals surface area contributed by atoms with Crippen LogP contribution in [0.3, 0.4) is 0 Å². The normalized spacial score (nSPS) is 21.0. The maximum Gasteiger partial charge on any atom is 0.0731 e. The number of hydrogen-bond acceptors (Lipinski definition) is 3. The number of anilines is 1. The van der Waals surface area contributed by atoms with Crippen molar-refractivity contribution in [3.05, 3.63) is 28.8 Å². The molecule has 1 aromatic carbocycles. The molecule has 1 unspecified atom stereocenters. The first-order valence-corrected chi connectivity index (χ1v) is 5.50. The van der Waals surface area contributed by atoms with Crippen LogP contribution in [0, 0.1) is 0 Å². The number of aliphatic hydroxyl groups is 1. The lowest BCUT2D eigenvalue weighted by Crippen LogP contribution is -2.22. The third kappa shape index (κ3) is 2.25. The van der Waals surface area contributed by atoms with Crippen LogP contribution in [-0.4, -0.2) is 24.3 Å². The van der Waals surface area contributed by atoms with E-state index in [2.05, 4.69) is 4.90 Å². The lowest BCUT2D eigenvalue weighted by atomic mass is 10.1. The molecule has 1 aromatic rings. The van der Waals surface area contributed by atoms with Crippen molar-refractivity contribution < 1.29 is 5.11 Å². The van der Waals surface area contributed by atoms with Gasteiger partial charge in [-0.2, -0.15) is 0 Å². The van der Waals surface area contributed by atoms with Gasteiger partial charge in [-0.1, -0.05) is 11.6 Å². The maximum atomic E-state index is 9.48. The van der Waals surface area contributed by atoms with Crippen LogP contribution in [0.25, 0.3) is 0 Å². The van der Waals surface area contributed by atoms with E-state index in [1.165, 1.54) is 0 Å². The second-order valence-corrected chi connectivity index (χ2v) is 4.30. The lowest BCUT2D eigenvalue weighted by Gasteiger charge is -2.21. The fourth-order valence-corrected chi connectivity index (χ4v) is 2.18. The van der Waals surface area contributed by atoms with Crippen LogP contribution < -0.4 is 10.6 Å². The molecule has 0 aromatic heterocycles. The van der Waals surface area contributed by atoms with Crippen LogP contribution in [0.1, 0.15) is 12.0 Å². The van der Waals surface area contributed by atoms with Gasteiger partial charge in [-0.3, -0.25) is 0 Å². The molecule has 1 fully saturated rings. The van der Waals surface area contributed by atoms with E-state index in [0.29, 0.717) is 18.1 Å². The van der Waals surface area contributed by atoms with E-state index in [-0.39, 0.29) is 6.10 Å². The number of benzene rings is 1. The number of aliphatic hydroxyl groups excluding tert-OH is 1. The first-order chi connectivity index (χ1) is 7.20. The lowest BCUT2D eigenvalue weighted by molar-refractivity contribution is 0.198. The van der Waals surface area contributed by atoms with E-state index in [1.54, 1.807) is 0 Å². The molecular weight excluding hydrogens is 212 g/mol. The van der Waals surface area contributed by atoms with Gasteiger partial charge < -0.3 is 15.7 Å². The minimum Gasteiger partial charge on any atom is -0.391 e. The third-order valence-electron chi connectivity index (χ3n) is 2.77. The third-order valence-corrected chi connectivity index (χ3v) is 3.00. The molecule has 82 valence electrons. The van der Waals surface area contributed by atoms with Gasteiger partial charge in [0.05, 0.1) is 6.10 Å². The van der Waals surface area contributed by atoms with Crippen molar-refractivity contribution in [2.45, 2.75) is 19.1 Å². The van der Waals surface area contributed by atoms with Gasteiger partial charge in [0.25, 0.3) is 0 Å². The summed E-state index contributed by atoms with van der Waals surface area (Å²) in [7, 11) is 0. The number of nitrogens with zero attached hydrogens (tertiary/aromatic N) is 1. The van der Waals surface area contributed by atoms with Crippen LogP contribution >= 0.6 is 11.6 Å². The zero-order valence-corrected chi connectivity index (χ0v) is 9.24. The Morgan fingerprint density at radius 2 is 2.33 bits per heavy atom. The predicted octanol–water partition coefficient (Wildman–Crippen LogP) is 1.37. The molecule has 0 spiro atoms. The zero-order valence-electron chi connectivity index (χ0n) is 8.49. The molecule has 1 atom stereocenters. The number of rotatable bonds is 2. The monoisotopic (exact) mass is 226 g/mol. The summed E-state index contributed by atoms with van der Waals surface area (Å²) >= 11 is 5.91. The molecule has 15 heavy (non-hydrogen) atoms. The van der Waals surface area contributed by atoms with Gasteiger partial charge in [0.1, 0.15) is 0 Å². The molecule has 1 aliphatic heterocycles. The number of hydrogen-bond donors (Lipinski definition) is 2. The van der Waals surface area contributed by atoms with Crippen LogP contribution in [-0.2, 0) is 6.54 Å². The molecule has 3 N–H and O–H groups in total. The highest BCUT2D eigenvalue weighted by Gasteiger charge is 2.21. The molecule has 0 aliphatic carbocycles. The van der Waals surface area contributed by atoms with Crippen LogP contribution in [0.5, 0.6) is 0 Å². The average Bonchev–Trinajstić information content (AvgIpc) is 2.64. The molecule has 1 saturated heterocycles. The summed E-state index contributed by atoms with van der Waals surface area (Å²) in [6.45, 7) is 2.05. The van der Waals surface area contributed by atoms with Gasteiger partial charge in [0, 0.05) is 30.3 Å². The van der Waals surface area contributed by atoms with Crippen molar-refractivity contribution in [2.75, 3.05) is 18.0 Å². The Morgan fingerprint density at radius 1 is 1.53 bits per heavy atom. The summed E-state index contributed by atoms with van der Waals surface area (Å²) in [6.07, 6.45) is 0.610. The van der Waals surface area contributed by atoms with Crippen molar-refractivity contribution in [3.63, 3.8) is 0 Å². The van der Waals surface area contributed by atoms with Gasteiger partial charge in [0.15, 0.2) is 0 Å². The van der Waals surface area contributed by atoms with E-state index >= 15 is 0 Å². The van der Waals surface area contributed by atoms with Gasteiger partial charge in [-0.25, -0.2) is 0 Å². The first kappa shape index (κ1) is 10.7. The minimum atomic E-state index is -0.216. The van der Waals surface area contributed by atoms with E-state index < -0.39 is 0 Å². The molecule has 0 bridgehead atoms. The van der Waals surface area contributed by atoms with Crippen LogP contribution in [0.15, 0.2) is 18.2 Å². The highest BCUT2D eigenvalue weighted by molar-refractivity contribution is 6.30. The Balaban J connectivity index is 2.27. The number of nitrogens with two attached hydrogens (primary N) is 1. The topological polar surface area (TPSA) is 49.5 Å². The van der Waals surface area contributed by atoms with Crippen molar-refractivity contribution in [3.8, 4) is 0 Å².